The van der Waals surface area contributed by atoms with Crippen LogP contribution in [0.5, 0.6) is 5.75 Å². The zero-order valence-corrected chi connectivity index (χ0v) is 9.56. The molecule has 1 fully saturated rings. The summed E-state index contributed by atoms with van der Waals surface area (Å²) in [5.41, 5.74) is 0.0657. The molecule has 0 radical (unpaired) electrons. The summed E-state index contributed by atoms with van der Waals surface area (Å²) in [7, 11) is 1.59. The molecular formula is C13H16O3. The van der Waals surface area contributed by atoms with E-state index in [9.17, 15) is 9.90 Å². The van der Waals surface area contributed by atoms with E-state index in [1.165, 1.54) is 0 Å². The highest BCUT2D eigenvalue weighted by Gasteiger charge is 2.48. The van der Waals surface area contributed by atoms with Crippen LogP contribution in [0.4, 0.5) is 0 Å². The molecule has 1 saturated carbocycles. The molecule has 0 aliphatic heterocycles. The van der Waals surface area contributed by atoms with Crippen LogP contribution in [-0.2, 0) is 10.2 Å². The molecule has 2 rings (SSSR count). The fraction of sp³-hybridized carbons (Fsp3) is 0.462. The van der Waals surface area contributed by atoms with Crippen LogP contribution in [0, 0.1) is 5.92 Å². The van der Waals surface area contributed by atoms with Gasteiger partial charge in [-0.25, -0.2) is 0 Å². The lowest BCUT2D eigenvalue weighted by Crippen LogP contribution is -2.34. The first-order chi connectivity index (χ1) is 7.59. The summed E-state index contributed by atoms with van der Waals surface area (Å²) >= 11 is 0. The van der Waals surface area contributed by atoms with Crippen molar-refractivity contribution in [3.63, 3.8) is 0 Å². The topological polar surface area (TPSA) is 46.5 Å². The largest absolute Gasteiger partial charge is 0.497 e. The van der Waals surface area contributed by atoms with Crippen molar-refractivity contribution >= 4 is 5.97 Å². The SMILES string of the molecule is COc1cccc(C(C)(C(=O)O)C2CC2)c1. The van der Waals surface area contributed by atoms with E-state index in [1.807, 2.05) is 31.2 Å². The van der Waals surface area contributed by atoms with Crippen molar-refractivity contribution in [3.8, 4) is 5.75 Å². The van der Waals surface area contributed by atoms with Gasteiger partial charge in [0.05, 0.1) is 12.5 Å². The molecular weight excluding hydrogens is 204 g/mol. The predicted molar refractivity (Wildman–Crippen MR) is 60.7 cm³/mol. The van der Waals surface area contributed by atoms with Gasteiger partial charge in [-0.15, -0.1) is 0 Å². The van der Waals surface area contributed by atoms with E-state index >= 15 is 0 Å². The van der Waals surface area contributed by atoms with Crippen LogP contribution in [0.2, 0.25) is 0 Å². The van der Waals surface area contributed by atoms with Crippen molar-refractivity contribution in [2.24, 2.45) is 5.92 Å². The zero-order chi connectivity index (χ0) is 11.8. The molecule has 1 N–H and O–H groups in total. The summed E-state index contributed by atoms with van der Waals surface area (Å²) in [6.45, 7) is 1.81. The Morgan fingerprint density at radius 3 is 2.69 bits per heavy atom. The third-order valence-corrected chi connectivity index (χ3v) is 3.51. The van der Waals surface area contributed by atoms with Crippen molar-refractivity contribution in [1.29, 1.82) is 0 Å². The van der Waals surface area contributed by atoms with Gasteiger partial charge in [0.15, 0.2) is 0 Å². The summed E-state index contributed by atoms with van der Waals surface area (Å²) in [5.74, 6) is 0.228. The molecule has 3 nitrogen and oxygen atoms in total. The van der Waals surface area contributed by atoms with Gasteiger partial charge >= 0.3 is 5.97 Å². The van der Waals surface area contributed by atoms with Gasteiger partial charge in [-0.05, 0) is 43.4 Å². The van der Waals surface area contributed by atoms with Gasteiger partial charge in [0, 0.05) is 0 Å². The number of carboxylic acid groups (broad SMARTS) is 1. The summed E-state index contributed by atoms with van der Waals surface area (Å²) in [4.78, 5) is 11.5. The molecule has 16 heavy (non-hydrogen) atoms. The van der Waals surface area contributed by atoms with Crippen molar-refractivity contribution in [1.82, 2.24) is 0 Å². The number of carboxylic acids is 1. The lowest BCUT2D eigenvalue weighted by molar-refractivity contribution is -0.144. The number of rotatable bonds is 4. The second-order valence-corrected chi connectivity index (χ2v) is 4.51. The fourth-order valence-corrected chi connectivity index (χ4v) is 2.14. The van der Waals surface area contributed by atoms with E-state index in [-0.39, 0.29) is 5.92 Å². The summed E-state index contributed by atoms with van der Waals surface area (Å²) in [6.07, 6.45) is 2.00. The Hall–Kier alpha value is -1.51. The van der Waals surface area contributed by atoms with E-state index in [2.05, 4.69) is 0 Å². The number of methoxy groups -OCH3 is 1. The van der Waals surface area contributed by atoms with Crippen LogP contribution in [0.25, 0.3) is 0 Å². The minimum atomic E-state index is -0.769. The van der Waals surface area contributed by atoms with Gasteiger partial charge in [0.2, 0.25) is 0 Å². The molecule has 1 unspecified atom stereocenters. The Balaban J connectivity index is 2.42. The van der Waals surface area contributed by atoms with Crippen molar-refractivity contribution in [2.75, 3.05) is 7.11 Å². The van der Waals surface area contributed by atoms with Crippen LogP contribution in [0.1, 0.15) is 25.3 Å². The minimum Gasteiger partial charge on any atom is -0.497 e. The predicted octanol–water partition coefficient (Wildman–Crippen LogP) is 2.45. The monoisotopic (exact) mass is 220 g/mol. The Bertz CT molecular complexity index is 409. The Kier molecular flexibility index (Phi) is 2.62. The van der Waals surface area contributed by atoms with Crippen LogP contribution in [-0.4, -0.2) is 18.2 Å². The molecule has 1 aliphatic rings. The molecule has 1 aromatic rings. The first kappa shape index (κ1) is 11.0. The Morgan fingerprint density at radius 1 is 1.50 bits per heavy atom. The average Bonchev–Trinajstić information content (AvgIpc) is 3.12. The van der Waals surface area contributed by atoms with Crippen molar-refractivity contribution < 1.29 is 14.6 Å². The van der Waals surface area contributed by atoms with Crippen LogP contribution in [0.15, 0.2) is 24.3 Å². The fourth-order valence-electron chi connectivity index (χ4n) is 2.14. The number of benzene rings is 1. The van der Waals surface area contributed by atoms with Crippen molar-refractivity contribution in [2.45, 2.75) is 25.2 Å². The smallest absolute Gasteiger partial charge is 0.314 e. The molecule has 1 atom stereocenters. The molecule has 0 spiro atoms. The molecule has 1 aliphatic carbocycles. The van der Waals surface area contributed by atoms with Gasteiger partial charge < -0.3 is 9.84 Å². The number of hydrogen-bond acceptors (Lipinski definition) is 2. The van der Waals surface area contributed by atoms with Gasteiger partial charge in [-0.3, -0.25) is 4.79 Å². The quantitative estimate of drug-likeness (QED) is 0.847. The van der Waals surface area contributed by atoms with Gasteiger partial charge in [0.25, 0.3) is 0 Å². The molecule has 3 heteroatoms. The van der Waals surface area contributed by atoms with E-state index in [0.717, 1.165) is 18.4 Å². The second-order valence-electron chi connectivity index (χ2n) is 4.51. The number of aliphatic carboxylic acids is 1. The maximum atomic E-state index is 11.5. The molecule has 1 aromatic carbocycles. The van der Waals surface area contributed by atoms with E-state index in [0.29, 0.717) is 5.75 Å². The first-order valence-corrected chi connectivity index (χ1v) is 5.47. The highest BCUT2D eigenvalue weighted by atomic mass is 16.5. The standard InChI is InChI=1S/C13H16O3/c1-13(12(14)15,9-6-7-9)10-4-3-5-11(8-10)16-2/h3-5,8-9H,6-7H2,1-2H3,(H,14,15). The molecule has 86 valence electrons. The normalized spacial score (nSPS) is 18.9. The van der Waals surface area contributed by atoms with E-state index < -0.39 is 11.4 Å². The van der Waals surface area contributed by atoms with Crippen molar-refractivity contribution in [3.05, 3.63) is 29.8 Å². The summed E-state index contributed by atoms with van der Waals surface area (Å²) in [5, 5.41) is 9.42. The average molecular weight is 220 g/mol. The maximum absolute atomic E-state index is 11.5. The summed E-state index contributed by atoms with van der Waals surface area (Å²) < 4.78 is 5.14. The van der Waals surface area contributed by atoms with Crippen LogP contribution >= 0.6 is 0 Å². The Labute approximate surface area is 95.0 Å². The van der Waals surface area contributed by atoms with Gasteiger partial charge in [-0.1, -0.05) is 12.1 Å². The molecule has 0 aromatic heterocycles. The van der Waals surface area contributed by atoms with E-state index in [4.69, 9.17) is 4.74 Å². The minimum absolute atomic E-state index is 0.261. The first-order valence-electron chi connectivity index (χ1n) is 5.47. The second kappa shape index (κ2) is 3.81. The highest BCUT2D eigenvalue weighted by molar-refractivity contribution is 5.82. The van der Waals surface area contributed by atoms with Crippen LogP contribution in [0.3, 0.4) is 0 Å². The van der Waals surface area contributed by atoms with Gasteiger partial charge in [0.1, 0.15) is 5.75 Å². The van der Waals surface area contributed by atoms with Gasteiger partial charge in [-0.2, -0.15) is 0 Å². The number of hydrogen-bond donors (Lipinski definition) is 1. The zero-order valence-electron chi connectivity index (χ0n) is 9.56. The lowest BCUT2D eigenvalue weighted by atomic mass is 9.78. The Morgan fingerprint density at radius 2 is 2.19 bits per heavy atom. The summed E-state index contributed by atoms with van der Waals surface area (Å²) in [6, 6.07) is 7.37. The number of carbonyl (C=O) groups is 1. The molecule has 0 heterocycles. The third-order valence-electron chi connectivity index (χ3n) is 3.51. The van der Waals surface area contributed by atoms with Crippen LogP contribution < -0.4 is 4.74 Å². The van der Waals surface area contributed by atoms with E-state index in [1.54, 1.807) is 7.11 Å². The highest BCUT2D eigenvalue weighted by Crippen LogP contribution is 2.47. The molecule has 0 bridgehead atoms. The lowest BCUT2D eigenvalue weighted by Gasteiger charge is -2.25. The molecule has 0 amide bonds. The third kappa shape index (κ3) is 1.66. The number of ether oxygens (including phenoxy) is 1. The maximum Gasteiger partial charge on any atom is 0.314 e. The molecule has 0 saturated heterocycles.